The van der Waals surface area contributed by atoms with Gasteiger partial charge in [0.05, 0.1) is 23.9 Å². The lowest BCUT2D eigenvalue weighted by Crippen LogP contribution is -2.17. The van der Waals surface area contributed by atoms with Crippen LogP contribution in [-0.4, -0.2) is 32.5 Å². The first kappa shape index (κ1) is 23.8. The number of pyridine rings is 1. The minimum atomic E-state index is -0.564. The number of fused-ring (bicyclic) bond motifs is 1. The second kappa shape index (κ2) is 10.4. The van der Waals surface area contributed by atoms with Crippen molar-refractivity contribution in [1.82, 2.24) is 19.7 Å². The van der Waals surface area contributed by atoms with E-state index in [0.29, 0.717) is 17.5 Å². The highest BCUT2D eigenvalue weighted by Gasteiger charge is 2.24. The van der Waals surface area contributed by atoms with E-state index in [1.165, 1.54) is 30.0 Å². The van der Waals surface area contributed by atoms with Gasteiger partial charge in [0.25, 0.3) is 0 Å². The predicted octanol–water partition coefficient (Wildman–Crippen LogP) is 6.91. The fraction of sp³-hybridized carbons (Fsp3) is 0.207. The lowest BCUT2D eigenvalue weighted by molar-refractivity contribution is 0.0953. The van der Waals surface area contributed by atoms with Crippen LogP contribution in [0.2, 0.25) is 0 Å². The van der Waals surface area contributed by atoms with Crippen molar-refractivity contribution in [3.63, 3.8) is 0 Å². The van der Waals surface area contributed by atoms with E-state index in [1.807, 2.05) is 65.2 Å². The summed E-state index contributed by atoms with van der Waals surface area (Å²) in [5.74, 6) is -0.340. The maximum atomic E-state index is 14.3. The largest absolute Gasteiger partial charge is 0.376 e. The van der Waals surface area contributed by atoms with Gasteiger partial charge in [-0.1, -0.05) is 66.4 Å². The molecule has 1 fully saturated rings. The summed E-state index contributed by atoms with van der Waals surface area (Å²) in [7, 11) is 0. The van der Waals surface area contributed by atoms with Crippen LogP contribution in [0.25, 0.3) is 33.5 Å². The molecule has 0 amide bonds. The van der Waals surface area contributed by atoms with Gasteiger partial charge in [-0.25, -0.2) is 13.8 Å². The second-order valence-corrected chi connectivity index (χ2v) is 9.92. The molecular weight excluding hydrogens is 490 g/mol. The number of ether oxygens (including phenoxy) is 1. The van der Waals surface area contributed by atoms with Crippen molar-refractivity contribution in [2.24, 2.45) is 0 Å². The van der Waals surface area contributed by atoms with E-state index < -0.39 is 11.6 Å². The van der Waals surface area contributed by atoms with Crippen LogP contribution in [0.15, 0.2) is 84.0 Å². The normalized spacial score (nSPS) is 15.5. The molecule has 0 aliphatic carbocycles. The number of para-hydroxylation sites is 1. The van der Waals surface area contributed by atoms with Crippen molar-refractivity contribution >= 4 is 22.7 Å². The van der Waals surface area contributed by atoms with E-state index in [1.54, 1.807) is 0 Å². The first-order chi connectivity index (χ1) is 18.2. The summed E-state index contributed by atoms with van der Waals surface area (Å²) in [4.78, 5) is 4.90. The van der Waals surface area contributed by atoms with Crippen LogP contribution >= 0.6 is 11.8 Å². The predicted molar refractivity (Wildman–Crippen MR) is 141 cm³/mol. The Hall–Kier alpha value is -3.62. The Morgan fingerprint density at radius 3 is 2.49 bits per heavy atom. The molecule has 0 radical (unpaired) electrons. The highest BCUT2D eigenvalue weighted by molar-refractivity contribution is 7.98. The summed E-state index contributed by atoms with van der Waals surface area (Å²) >= 11 is 1.27. The van der Waals surface area contributed by atoms with Crippen LogP contribution in [0.4, 0.5) is 8.78 Å². The van der Waals surface area contributed by atoms with Crippen LogP contribution in [0, 0.1) is 11.6 Å². The zero-order valence-corrected chi connectivity index (χ0v) is 20.8. The van der Waals surface area contributed by atoms with Gasteiger partial charge < -0.3 is 4.74 Å². The van der Waals surface area contributed by atoms with E-state index in [4.69, 9.17) is 9.72 Å². The summed E-state index contributed by atoms with van der Waals surface area (Å²) in [5.41, 5.74) is 3.63. The molecule has 5 nitrogen and oxygen atoms in total. The number of hydrogen-bond acceptors (Lipinski definition) is 5. The van der Waals surface area contributed by atoms with Crippen molar-refractivity contribution in [2.45, 2.75) is 36.4 Å². The summed E-state index contributed by atoms with van der Waals surface area (Å²) in [6, 6.07) is 23.9. The van der Waals surface area contributed by atoms with E-state index >= 15 is 0 Å². The molecular formula is C29H24F2N4OS. The van der Waals surface area contributed by atoms with Gasteiger partial charge in [-0.2, -0.15) is 0 Å². The van der Waals surface area contributed by atoms with Gasteiger partial charge in [0, 0.05) is 34.4 Å². The molecule has 0 bridgehead atoms. The highest BCUT2D eigenvalue weighted by Crippen LogP contribution is 2.34. The average molecular weight is 515 g/mol. The molecule has 6 rings (SSSR count). The Labute approximate surface area is 217 Å². The number of hydrogen-bond donors (Lipinski definition) is 0. The zero-order valence-electron chi connectivity index (χ0n) is 20.0. The van der Waals surface area contributed by atoms with Gasteiger partial charge in [0.1, 0.15) is 11.6 Å². The number of rotatable bonds is 7. The lowest BCUT2D eigenvalue weighted by atomic mass is 10.0. The number of nitrogens with zero attached hydrogens (tertiary/aromatic N) is 4. The van der Waals surface area contributed by atoms with Crippen molar-refractivity contribution in [3.8, 4) is 22.6 Å². The first-order valence-electron chi connectivity index (χ1n) is 12.2. The van der Waals surface area contributed by atoms with E-state index in [2.05, 4.69) is 10.2 Å². The Morgan fingerprint density at radius 2 is 1.70 bits per heavy atom. The molecule has 37 heavy (non-hydrogen) atoms. The van der Waals surface area contributed by atoms with Crippen molar-refractivity contribution in [3.05, 3.63) is 96.1 Å². The molecule has 1 aliphatic heterocycles. The smallest absolute Gasteiger partial charge is 0.191 e. The van der Waals surface area contributed by atoms with Gasteiger partial charge in [-0.15, -0.1) is 10.2 Å². The Kier molecular flexibility index (Phi) is 6.68. The number of halogens is 2. The molecule has 1 aliphatic rings. The zero-order chi connectivity index (χ0) is 25.2. The number of benzene rings is 3. The summed E-state index contributed by atoms with van der Waals surface area (Å²) < 4.78 is 36.6. The minimum Gasteiger partial charge on any atom is -0.376 e. The van der Waals surface area contributed by atoms with Gasteiger partial charge in [0.15, 0.2) is 11.0 Å². The quantitative estimate of drug-likeness (QED) is 0.221. The third-order valence-corrected chi connectivity index (χ3v) is 7.55. The fourth-order valence-corrected chi connectivity index (χ4v) is 5.64. The summed E-state index contributed by atoms with van der Waals surface area (Å²) in [6.45, 7) is 1.28. The van der Waals surface area contributed by atoms with Gasteiger partial charge in [-0.3, -0.25) is 4.57 Å². The minimum absolute atomic E-state index is 0.0287. The molecule has 186 valence electrons. The topological polar surface area (TPSA) is 52.8 Å². The molecule has 1 atom stereocenters. The second-order valence-electron chi connectivity index (χ2n) is 8.98. The highest BCUT2D eigenvalue weighted by atomic mass is 32.2. The molecule has 5 aromatic rings. The van der Waals surface area contributed by atoms with Gasteiger partial charge in [-0.05, 0) is 37.1 Å². The number of aromatic nitrogens is 4. The van der Waals surface area contributed by atoms with E-state index in [-0.39, 0.29) is 17.4 Å². The van der Waals surface area contributed by atoms with Crippen LogP contribution < -0.4 is 0 Å². The number of thioether (sulfide) groups is 1. The molecule has 0 spiro atoms. The molecule has 2 aromatic heterocycles. The molecule has 0 saturated carbocycles. The standard InChI is InChI=1S/C29H24F2N4OS/c30-24-12-6-13-25(31)23(24)18-37-29-34-33-28(35(29)17-20-10-7-15-36-20)22-16-27(19-8-2-1-3-9-19)32-26-14-5-4-11-21(22)26/h1-6,8-9,11-14,16,20H,7,10,15,17-18H2. The van der Waals surface area contributed by atoms with Crippen LogP contribution in [0.5, 0.6) is 0 Å². The molecule has 0 N–H and O–H groups in total. The maximum absolute atomic E-state index is 14.3. The van der Waals surface area contributed by atoms with Crippen LogP contribution in [0.3, 0.4) is 0 Å². The molecule has 8 heteroatoms. The Balaban J connectivity index is 1.45. The monoisotopic (exact) mass is 514 g/mol. The summed E-state index contributed by atoms with van der Waals surface area (Å²) in [5, 5.41) is 10.6. The maximum Gasteiger partial charge on any atom is 0.191 e. The van der Waals surface area contributed by atoms with Crippen LogP contribution in [0.1, 0.15) is 18.4 Å². The summed E-state index contributed by atoms with van der Waals surface area (Å²) in [6.07, 6.45) is 1.97. The van der Waals surface area contributed by atoms with Gasteiger partial charge >= 0.3 is 0 Å². The average Bonchev–Trinajstić information content (AvgIpc) is 3.59. The molecule has 3 aromatic carbocycles. The van der Waals surface area contributed by atoms with Crippen molar-refractivity contribution in [2.75, 3.05) is 6.61 Å². The molecule has 1 saturated heterocycles. The SMILES string of the molecule is Fc1cccc(F)c1CSc1nnc(-c2cc(-c3ccccc3)nc3ccccc23)n1CC1CCCO1. The van der Waals surface area contributed by atoms with Crippen LogP contribution in [-0.2, 0) is 17.0 Å². The third-order valence-electron chi connectivity index (χ3n) is 6.56. The van der Waals surface area contributed by atoms with Crippen molar-refractivity contribution < 1.29 is 13.5 Å². The fourth-order valence-electron chi connectivity index (χ4n) is 4.68. The third kappa shape index (κ3) is 4.86. The Morgan fingerprint density at radius 1 is 0.919 bits per heavy atom. The lowest BCUT2D eigenvalue weighted by Gasteiger charge is -2.16. The Bertz CT molecular complexity index is 1530. The molecule has 1 unspecified atom stereocenters. The first-order valence-corrected chi connectivity index (χ1v) is 13.2. The van der Waals surface area contributed by atoms with Crippen molar-refractivity contribution in [1.29, 1.82) is 0 Å². The molecule has 3 heterocycles. The van der Waals surface area contributed by atoms with E-state index in [0.717, 1.165) is 47.2 Å². The van der Waals surface area contributed by atoms with E-state index in [9.17, 15) is 8.78 Å². The van der Waals surface area contributed by atoms with Gasteiger partial charge in [0.2, 0.25) is 0 Å².